The van der Waals surface area contributed by atoms with Crippen LogP contribution in [0, 0.1) is 29.1 Å². The van der Waals surface area contributed by atoms with Crippen molar-refractivity contribution < 1.29 is 35.2 Å². The average Bonchev–Trinajstić information content (AvgIpc) is 2.64. The van der Waals surface area contributed by atoms with Crippen molar-refractivity contribution in [3.63, 3.8) is 0 Å². The minimum Gasteiger partial charge on any atom is -0.289 e. The molecule has 144 valence electrons. The fourth-order valence-electron chi connectivity index (χ4n) is 2.03. The highest BCUT2D eigenvalue weighted by molar-refractivity contribution is 7.89. The molecule has 2 aromatic rings. The minimum absolute atomic E-state index is 0.0483. The van der Waals surface area contributed by atoms with Gasteiger partial charge in [-0.25, -0.2) is 34.7 Å². The second-order valence-corrected chi connectivity index (χ2v) is 7.64. The Hall–Kier alpha value is -2.59. The zero-order valence-electron chi connectivity index (χ0n) is 13.9. The van der Waals surface area contributed by atoms with Crippen LogP contribution in [0.15, 0.2) is 35.2 Å². The van der Waals surface area contributed by atoms with Crippen molar-refractivity contribution >= 4 is 21.9 Å². The van der Waals surface area contributed by atoms with Crippen LogP contribution in [-0.2, 0) is 10.0 Å². The Morgan fingerprint density at radius 2 is 1.30 bits per heavy atom. The van der Waals surface area contributed by atoms with Crippen molar-refractivity contribution in [3.05, 3.63) is 70.6 Å². The van der Waals surface area contributed by atoms with Crippen LogP contribution in [0.1, 0.15) is 15.9 Å². The van der Waals surface area contributed by atoms with E-state index in [4.69, 9.17) is 0 Å². The number of ketones is 1. The molecule has 0 bridgehead atoms. The summed E-state index contributed by atoms with van der Waals surface area (Å²) < 4.78 is 91.2. The molecular weight excluding hydrogens is 393 g/mol. The standard InChI is InChI=1S/C17H12F5NO3S/c1-23(2)27(25,26)10-5-3-9(4-6-10)12(24)8-7-11-13(18)15(20)17(22)16(21)14(11)19/h3-8H,1-2H3. The van der Waals surface area contributed by atoms with Crippen molar-refractivity contribution in [1.29, 1.82) is 0 Å². The van der Waals surface area contributed by atoms with E-state index in [2.05, 4.69) is 0 Å². The molecule has 2 aromatic carbocycles. The van der Waals surface area contributed by atoms with Gasteiger partial charge in [0.15, 0.2) is 29.1 Å². The van der Waals surface area contributed by atoms with Crippen LogP contribution in [0.3, 0.4) is 0 Å². The number of halogens is 5. The van der Waals surface area contributed by atoms with Gasteiger partial charge < -0.3 is 0 Å². The number of carbonyl (C=O) groups excluding carboxylic acids is 1. The number of benzene rings is 2. The zero-order valence-corrected chi connectivity index (χ0v) is 14.8. The third-order valence-corrected chi connectivity index (χ3v) is 5.39. The van der Waals surface area contributed by atoms with Crippen molar-refractivity contribution in [2.24, 2.45) is 0 Å². The van der Waals surface area contributed by atoms with E-state index < -0.39 is 50.5 Å². The number of sulfonamides is 1. The summed E-state index contributed by atoms with van der Waals surface area (Å²) >= 11 is 0. The van der Waals surface area contributed by atoms with Gasteiger partial charge in [0.25, 0.3) is 0 Å². The molecule has 0 spiro atoms. The number of nitrogens with zero attached hydrogens (tertiary/aromatic N) is 1. The van der Waals surface area contributed by atoms with Gasteiger partial charge in [-0.15, -0.1) is 0 Å². The van der Waals surface area contributed by atoms with E-state index in [1.165, 1.54) is 14.1 Å². The van der Waals surface area contributed by atoms with Crippen molar-refractivity contribution in [2.45, 2.75) is 4.90 Å². The first-order valence-electron chi connectivity index (χ1n) is 7.25. The van der Waals surface area contributed by atoms with Gasteiger partial charge in [-0.2, -0.15) is 0 Å². The Bertz CT molecular complexity index is 1000. The van der Waals surface area contributed by atoms with Gasteiger partial charge in [-0.3, -0.25) is 4.79 Å². The molecule has 0 unspecified atom stereocenters. The first-order chi connectivity index (χ1) is 12.5. The number of rotatable bonds is 5. The summed E-state index contributed by atoms with van der Waals surface area (Å²) in [5.41, 5.74) is -1.31. The lowest BCUT2D eigenvalue weighted by atomic mass is 10.1. The maximum Gasteiger partial charge on any atom is 0.242 e. The molecule has 0 aromatic heterocycles. The van der Waals surface area contributed by atoms with E-state index >= 15 is 0 Å². The lowest BCUT2D eigenvalue weighted by Gasteiger charge is -2.11. The monoisotopic (exact) mass is 405 g/mol. The molecule has 4 nitrogen and oxygen atoms in total. The predicted molar refractivity (Wildman–Crippen MR) is 86.9 cm³/mol. The van der Waals surface area contributed by atoms with Gasteiger partial charge in [0.05, 0.1) is 10.5 Å². The Morgan fingerprint density at radius 3 is 1.74 bits per heavy atom. The fraction of sp³-hybridized carbons (Fsp3) is 0.118. The molecule has 0 atom stereocenters. The summed E-state index contributed by atoms with van der Waals surface area (Å²) in [5.74, 6) is -11.5. The third kappa shape index (κ3) is 3.91. The summed E-state index contributed by atoms with van der Waals surface area (Å²) in [7, 11) is -1.07. The van der Waals surface area contributed by atoms with Crippen LogP contribution in [0.25, 0.3) is 6.08 Å². The van der Waals surface area contributed by atoms with Gasteiger partial charge in [0, 0.05) is 19.7 Å². The maximum absolute atomic E-state index is 13.6. The summed E-state index contributed by atoms with van der Waals surface area (Å²) in [6, 6.07) is 4.60. The average molecular weight is 405 g/mol. The quantitative estimate of drug-likeness (QED) is 0.252. The normalized spacial score (nSPS) is 12.1. The van der Waals surface area contributed by atoms with Crippen molar-refractivity contribution in [3.8, 4) is 0 Å². The largest absolute Gasteiger partial charge is 0.289 e. The lowest BCUT2D eigenvalue weighted by Crippen LogP contribution is -2.22. The molecule has 0 radical (unpaired) electrons. The molecule has 0 saturated carbocycles. The second kappa shape index (κ2) is 7.57. The second-order valence-electron chi connectivity index (χ2n) is 5.49. The van der Waals surface area contributed by atoms with E-state index in [-0.39, 0.29) is 10.5 Å². The maximum atomic E-state index is 13.6. The summed E-state index contributed by atoms with van der Waals surface area (Å²) in [4.78, 5) is 11.9. The molecule has 2 rings (SSSR count). The third-order valence-electron chi connectivity index (χ3n) is 3.56. The van der Waals surface area contributed by atoms with Crippen LogP contribution in [-0.4, -0.2) is 32.6 Å². The Morgan fingerprint density at radius 1 is 0.852 bits per heavy atom. The Kier molecular flexibility index (Phi) is 5.81. The molecule has 10 heteroatoms. The van der Waals surface area contributed by atoms with E-state index in [0.717, 1.165) is 28.6 Å². The van der Waals surface area contributed by atoms with Gasteiger partial charge in [-0.1, -0.05) is 0 Å². The highest BCUT2D eigenvalue weighted by Crippen LogP contribution is 2.24. The molecule has 0 aliphatic rings. The minimum atomic E-state index is -3.71. The fourth-order valence-corrected chi connectivity index (χ4v) is 2.93. The van der Waals surface area contributed by atoms with Crippen molar-refractivity contribution in [2.75, 3.05) is 14.1 Å². The van der Waals surface area contributed by atoms with E-state index in [1.54, 1.807) is 0 Å². The summed E-state index contributed by atoms with van der Waals surface area (Å²) in [5, 5.41) is 0. The lowest BCUT2D eigenvalue weighted by molar-refractivity contribution is 0.104. The molecule has 0 heterocycles. The number of carbonyl (C=O) groups is 1. The molecule has 0 amide bonds. The van der Waals surface area contributed by atoms with Gasteiger partial charge in [0.2, 0.25) is 15.8 Å². The smallest absolute Gasteiger partial charge is 0.242 e. The molecule has 0 N–H and O–H groups in total. The van der Waals surface area contributed by atoms with Crippen LogP contribution in [0.5, 0.6) is 0 Å². The Balaban J connectivity index is 2.34. The van der Waals surface area contributed by atoms with E-state index in [9.17, 15) is 35.2 Å². The molecule has 0 saturated heterocycles. The Labute approximate surface area is 151 Å². The first-order valence-corrected chi connectivity index (χ1v) is 8.69. The SMILES string of the molecule is CN(C)S(=O)(=O)c1ccc(C(=O)C=Cc2c(F)c(F)c(F)c(F)c2F)cc1. The highest BCUT2D eigenvalue weighted by Gasteiger charge is 2.24. The zero-order chi connectivity index (χ0) is 20.5. The number of hydrogen-bond donors (Lipinski definition) is 0. The molecular formula is C17H12F5NO3S. The van der Waals surface area contributed by atoms with Crippen molar-refractivity contribution in [1.82, 2.24) is 4.31 Å². The van der Waals surface area contributed by atoms with Crippen LogP contribution >= 0.6 is 0 Å². The number of hydrogen-bond acceptors (Lipinski definition) is 3. The van der Waals surface area contributed by atoms with E-state index in [0.29, 0.717) is 12.2 Å². The first kappa shape index (κ1) is 20.7. The molecule has 0 aliphatic carbocycles. The summed E-state index contributed by atoms with van der Waals surface area (Å²) in [6.07, 6.45) is 1.08. The van der Waals surface area contributed by atoms with E-state index in [1.807, 2.05) is 0 Å². The molecule has 27 heavy (non-hydrogen) atoms. The molecule has 0 aliphatic heterocycles. The van der Waals surface area contributed by atoms with Crippen LogP contribution < -0.4 is 0 Å². The summed E-state index contributed by atoms with van der Waals surface area (Å²) in [6.45, 7) is 0. The predicted octanol–water partition coefficient (Wildman–Crippen LogP) is 3.53. The van der Waals surface area contributed by atoms with Gasteiger partial charge >= 0.3 is 0 Å². The van der Waals surface area contributed by atoms with Gasteiger partial charge in [-0.05, 0) is 36.4 Å². The molecule has 0 fully saturated rings. The van der Waals surface area contributed by atoms with Crippen LogP contribution in [0.4, 0.5) is 22.0 Å². The highest BCUT2D eigenvalue weighted by atomic mass is 32.2. The number of allylic oxidation sites excluding steroid dienone is 1. The van der Waals surface area contributed by atoms with Crippen LogP contribution in [0.2, 0.25) is 0 Å². The van der Waals surface area contributed by atoms with Gasteiger partial charge in [0.1, 0.15) is 0 Å². The topological polar surface area (TPSA) is 54.5 Å².